The van der Waals surface area contributed by atoms with Crippen molar-refractivity contribution in [2.75, 3.05) is 13.7 Å². The normalized spacial score (nSPS) is 11.3. The molecular formula is C17H21NO. The molecule has 0 aromatic heterocycles. The molecule has 0 aliphatic heterocycles. The fraction of sp³-hybridized carbons (Fsp3) is 0.294. The van der Waals surface area contributed by atoms with Gasteiger partial charge in [-0.15, -0.1) is 0 Å². The van der Waals surface area contributed by atoms with Crippen LogP contribution in [0.5, 0.6) is 5.75 Å². The fourth-order valence-corrected chi connectivity index (χ4v) is 2.25. The van der Waals surface area contributed by atoms with Crippen molar-refractivity contribution in [2.45, 2.75) is 19.9 Å². The van der Waals surface area contributed by atoms with Crippen LogP contribution in [0, 0.1) is 0 Å². The van der Waals surface area contributed by atoms with Crippen molar-refractivity contribution in [2.24, 2.45) is 0 Å². The third-order valence-electron chi connectivity index (χ3n) is 3.24. The molecule has 2 aromatic rings. The van der Waals surface area contributed by atoms with Gasteiger partial charge in [-0.25, -0.2) is 0 Å². The van der Waals surface area contributed by atoms with Crippen LogP contribution >= 0.6 is 0 Å². The van der Waals surface area contributed by atoms with Crippen LogP contribution in [-0.2, 0) is 6.54 Å². The standard InChI is InChI=1S/C17H21NO/c1-3-4-7-12-18-13-16-15-9-6-5-8-14(15)10-11-17(16)19-2/h3-6,8-11,18H,7,12-13H2,1-2H3/b4-3+. The average molecular weight is 255 g/mol. The van der Waals surface area contributed by atoms with Crippen LogP contribution in [0.2, 0.25) is 0 Å². The molecule has 0 amide bonds. The zero-order chi connectivity index (χ0) is 13.5. The number of fused-ring (bicyclic) bond motifs is 1. The molecule has 0 spiro atoms. The van der Waals surface area contributed by atoms with Gasteiger partial charge in [-0.3, -0.25) is 0 Å². The minimum absolute atomic E-state index is 0.835. The van der Waals surface area contributed by atoms with Gasteiger partial charge in [-0.2, -0.15) is 0 Å². The molecule has 0 saturated heterocycles. The van der Waals surface area contributed by atoms with Crippen molar-refractivity contribution < 1.29 is 4.74 Å². The van der Waals surface area contributed by atoms with E-state index >= 15 is 0 Å². The van der Waals surface area contributed by atoms with Gasteiger partial charge in [-0.05, 0) is 36.7 Å². The molecule has 0 radical (unpaired) electrons. The van der Waals surface area contributed by atoms with Gasteiger partial charge >= 0.3 is 0 Å². The number of ether oxygens (including phenoxy) is 1. The highest BCUT2D eigenvalue weighted by Gasteiger charge is 2.07. The maximum absolute atomic E-state index is 5.48. The topological polar surface area (TPSA) is 21.3 Å². The van der Waals surface area contributed by atoms with Gasteiger partial charge in [0.2, 0.25) is 0 Å². The van der Waals surface area contributed by atoms with Gasteiger partial charge in [0.1, 0.15) is 5.75 Å². The van der Waals surface area contributed by atoms with E-state index in [1.54, 1.807) is 7.11 Å². The van der Waals surface area contributed by atoms with Gasteiger partial charge in [0.15, 0.2) is 0 Å². The van der Waals surface area contributed by atoms with E-state index in [0.29, 0.717) is 0 Å². The summed E-state index contributed by atoms with van der Waals surface area (Å²) in [6.07, 6.45) is 5.32. The SMILES string of the molecule is C/C=C/CCNCc1c(OC)ccc2ccccc12. The van der Waals surface area contributed by atoms with Crippen LogP contribution in [0.15, 0.2) is 48.6 Å². The Bertz CT molecular complexity index is 560. The fourth-order valence-electron chi connectivity index (χ4n) is 2.25. The minimum Gasteiger partial charge on any atom is -0.496 e. The first kappa shape index (κ1) is 13.6. The van der Waals surface area contributed by atoms with Crippen LogP contribution in [0.25, 0.3) is 10.8 Å². The number of rotatable bonds is 6. The highest BCUT2D eigenvalue weighted by atomic mass is 16.5. The highest BCUT2D eigenvalue weighted by molar-refractivity contribution is 5.87. The van der Waals surface area contributed by atoms with E-state index in [-0.39, 0.29) is 0 Å². The third-order valence-corrected chi connectivity index (χ3v) is 3.24. The van der Waals surface area contributed by atoms with Crippen molar-refractivity contribution in [1.82, 2.24) is 5.32 Å². The summed E-state index contributed by atoms with van der Waals surface area (Å²) in [6.45, 7) is 3.87. The summed E-state index contributed by atoms with van der Waals surface area (Å²) in [5, 5.41) is 5.99. The number of methoxy groups -OCH3 is 1. The van der Waals surface area contributed by atoms with Crippen molar-refractivity contribution in [3.8, 4) is 5.75 Å². The summed E-state index contributed by atoms with van der Waals surface area (Å²) in [6, 6.07) is 12.6. The molecule has 19 heavy (non-hydrogen) atoms. The van der Waals surface area contributed by atoms with Gasteiger partial charge < -0.3 is 10.1 Å². The van der Waals surface area contributed by atoms with E-state index in [0.717, 1.165) is 25.3 Å². The van der Waals surface area contributed by atoms with Gasteiger partial charge in [-0.1, -0.05) is 42.5 Å². The summed E-state index contributed by atoms with van der Waals surface area (Å²) >= 11 is 0. The molecule has 2 aromatic carbocycles. The lowest BCUT2D eigenvalue weighted by molar-refractivity contribution is 0.409. The van der Waals surface area contributed by atoms with Gasteiger partial charge in [0.05, 0.1) is 7.11 Å². The Hall–Kier alpha value is -1.80. The Balaban J connectivity index is 2.19. The first-order valence-electron chi connectivity index (χ1n) is 6.73. The Morgan fingerprint density at radius 3 is 2.79 bits per heavy atom. The second-order valence-electron chi connectivity index (χ2n) is 4.50. The zero-order valence-electron chi connectivity index (χ0n) is 11.6. The molecule has 0 aliphatic rings. The smallest absolute Gasteiger partial charge is 0.123 e. The maximum atomic E-state index is 5.48. The predicted octanol–water partition coefficient (Wildman–Crippen LogP) is 3.90. The Labute approximate surface area is 115 Å². The van der Waals surface area contributed by atoms with Crippen LogP contribution < -0.4 is 10.1 Å². The Morgan fingerprint density at radius 1 is 1.16 bits per heavy atom. The summed E-state index contributed by atoms with van der Waals surface area (Å²) in [7, 11) is 1.73. The second kappa shape index (κ2) is 6.95. The lowest BCUT2D eigenvalue weighted by Crippen LogP contribution is -2.15. The molecule has 100 valence electrons. The van der Waals surface area contributed by atoms with Crippen molar-refractivity contribution >= 4 is 10.8 Å². The molecule has 2 heteroatoms. The number of allylic oxidation sites excluding steroid dienone is 1. The van der Waals surface area contributed by atoms with Crippen molar-refractivity contribution in [1.29, 1.82) is 0 Å². The van der Waals surface area contributed by atoms with Gasteiger partial charge in [0.25, 0.3) is 0 Å². The Kier molecular flexibility index (Phi) is 4.99. The number of hydrogen-bond acceptors (Lipinski definition) is 2. The molecule has 0 saturated carbocycles. The van der Waals surface area contributed by atoms with Crippen LogP contribution in [-0.4, -0.2) is 13.7 Å². The molecular weight excluding hydrogens is 234 g/mol. The van der Waals surface area contributed by atoms with Crippen LogP contribution in [0.1, 0.15) is 18.9 Å². The lowest BCUT2D eigenvalue weighted by atomic mass is 10.0. The Morgan fingerprint density at radius 2 is 2.00 bits per heavy atom. The summed E-state index contributed by atoms with van der Waals surface area (Å²) in [4.78, 5) is 0. The van der Waals surface area contributed by atoms with E-state index in [1.165, 1.54) is 16.3 Å². The molecule has 0 bridgehead atoms. The van der Waals surface area contributed by atoms with E-state index in [9.17, 15) is 0 Å². The predicted molar refractivity (Wildman–Crippen MR) is 81.6 cm³/mol. The summed E-state index contributed by atoms with van der Waals surface area (Å²) < 4.78 is 5.48. The largest absolute Gasteiger partial charge is 0.496 e. The van der Waals surface area contributed by atoms with Crippen molar-refractivity contribution in [3.63, 3.8) is 0 Å². The van der Waals surface area contributed by atoms with E-state index in [1.807, 2.05) is 13.0 Å². The summed E-state index contributed by atoms with van der Waals surface area (Å²) in [5.74, 6) is 0.956. The van der Waals surface area contributed by atoms with E-state index in [2.05, 4.69) is 47.8 Å². The molecule has 0 atom stereocenters. The molecule has 0 unspecified atom stereocenters. The molecule has 2 rings (SSSR count). The molecule has 0 heterocycles. The zero-order valence-corrected chi connectivity index (χ0v) is 11.6. The quantitative estimate of drug-likeness (QED) is 0.624. The maximum Gasteiger partial charge on any atom is 0.123 e. The van der Waals surface area contributed by atoms with Crippen LogP contribution in [0.4, 0.5) is 0 Å². The van der Waals surface area contributed by atoms with Crippen LogP contribution in [0.3, 0.4) is 0 Å². The second-order valence-corrected chi connectivity index (χ2v) is 4.50. The first-order chi connectivity index (χ1) is 9.36. The molecule has 1 N–H and O–H groups in total. The number of hydrogen-bond donors (Lipinski definition) is 1. The van der Waals surface area contributed by atoms with Gasteiger partial charge in [0, 0.05) is 12.1 Å². The number of benzene rings is 2. The monoisotopic (exact) mass is 255 g/mol. The number of nitrogens with one attached hydrogen (secondary N) is 1. The highest BCUT2D eigenvalue weighted by Crippen LogP contribution is 2.27. The molecule has 0 fully saturated rings. The third kappa shape index (κ3) is 3.36. The molecule has 2 nitrogen and oxygen atoms in total. The van der Waals surface area contributed by atoms with E-state index < -0.39 is 0 Å². The first-order valence-corrected chi connectivity index (χ1v) is 6.73. The average Bonchev–Trinajstić information content (AvgIpc) is 2.47. The van der Waals surface area contributed by atoms with Crippen molar-refractivity contribution in [3.05, 3.63) is 54.1 Å². The lowest BCUT2D eigenvalue weighted by Gasteiger charge is -2.12. The summed E-state index contributed by atoms with van der Waals surface area (Å²) in [5.41, 5.74) is 1.24. The molecule has 0 aliphatic carbocycles. The minimum atomic E-state index is 0.835. The van der Waals surface area contributed by atoms with E-state index in [4.69, 9.17) is 4.74 Å².